The highest BCUT2D eigenvalue weighted by Gasteiger charge is 2.14. The maximum Gasteiger partial charge on any atom is 0.171 e. The van der Waals surface area contributed by atoms with Crippen LogP contribution in [0.3, 0.4) is 0 Å². The lowest BCUT2D eigenvalue weighted by atomic mass is 10.1. The van der Waals surface area contributed by atoms with Crippen LogP contribution in [-0.4, -0.2) is 24.6 Å². The van der Waals surface area contributed by atoms with E-state index in [9.17, 15) is 9.90 Å². The fourth-order valence-electron chi connectivity index (χ4n) is 1.98. The van der Waals surface area contributed by atoms with E-state index < -0.39 is 6.10 Å². The van der Waals surface area contributed by atoms with Crippen molar-refractivity contribution in [2.75, 3.05) is 13.2 Å². The van der Waals surface area contributed by atoms with Crippen molar-refractivity contribution in [2.45, 2.75) is 13.0 Å². The molecule has 1 atom stereocenters. The first-order chi connectivity index (χ1) is 10.3. The molecule has 0 aliphatic rings. The molecule has 0 fully saturated rings. The van der Waals surface area contributed by atoms with Crippen molar-refractivity contribution >= 4 is 6.29 Å². The number of carbonyl (C=O) groups excluding carboxylic acids is 1. The molecule has 0 bridgehead atoms. The molecule has 1 unspecified atom stereocenters. The summed E-state index contributed by atoms with van der Waals surface area (Å²) >= 11 is 0. The first-order valence-corrected chi connectivity index (χ1v) is 6.83. The van der Waals surface area contributed by atoms with Crippen molar-refractivity contribution in [1.82, 2.24) is 0 Å². The monoisotopic (exact) mass is 286 g/mol. The van der Waals surface area contributed by atoms with Gasteiger partial charge in [-0.05, 0) is 24.6 Å². The highest BCUT2D eigenvalue weighted by atomic mass is 16.5. The second-order valence-electron chi connectivity index (χ2n) is 4.46. The summed E-state index contributed by atoms with van der Waals surface area (Å²) in [6.45, 7) is 2.38. The molecule has 0 saturated carbocycles. The van der Waals surface area contributed by atoms with Crippen LogP contribution in [0, 0.1) is 0 Å². The van der Waals surface area contributed by atoms with E-state index in [0.29, 0.717) is 30.0 Å². The van der Waals surface area contributed by atoms with Crippen LogP contribution in [0.5, 0.6) is 11.5 Å². The van der Waals surface area contributed by atoms with Gasteiger partial charge < -0.3 is 14.6 Å². The maximum absolute atomic E-state index is 11.1. The Morgan fingerprint density at radius 3 is 2.52 bits per heavy atom. The molecule has 0 spiro atoms. The highest BCUT2D eigenvalue weighted by Crippen LogP contribution is 2.31. The van der Waals surface area contributed by atoms with Crippen LogP contribution in [0.4, 0.5) is 0 Å². The van der Waals surface area contributed by atoms with Crippen LogP contribution in [0.25, 0.3) is 0 Å². The Kier molecular flexibility index (Phi) is 5.35. The third kappa shape index (κ3) is 3.83. The molecule has 21 heavy (non-hydrogen) atoms. The number of rotatable bonds is 7. The van der Waals surface area contributed by atoms with Crippen LogP contribution in [0.1, 0.15) is 28.9 Å². The van der Waals surface area contributed by atoms with Gasteiger partial charge in [0.1, 0.15) is 12.7 Å². The number of carbonyl (C=O) groups is 1. The van der Waals surface area contributed by atoms with Gasteiger partial charge in [0, 0.05) is 0 Å². The lowest BCUT2D eigenvalue weighted by molar-refractivity contribution is 0.102. The third-order valence-corrected chi connectivity index (χ3v) is 3.01. The fourth-order valence-corrected chi connectivity index (χ4v) is 1.98. The zero-order valence-corrected chi connectivity index (χ0v) is 11.9. The summed E-state index contributed by atoms with van der Waals surface area (Å²) < 4.78 is 11.1. The van der Waals surface area contributed by atoms with Crippen molar-refractivity contribution in [3.8, 4) is 11.5 Å². The van der Waals surface area contributed by atoms with Gasteiger partial charge in [-0.3, -0.25) is 4.79 Å². The number of aldehydes is 1. The van der Waals surface area contributed by atoms with E-state index in [-0.39, 0.29) is 6.61 Å². The molecule has 4 nitrogen and oxygen atoms in total. The molecule has 2 aromatic carbocycles. The van der Waals surface area contributed by atoms with Crippen molar-refractivity contribution in [3.05, 3.63) is 59.7 Å². The van der Waals surface area contributed by atoms with Crippen molar-refractivity contribution in [3.63, 3.8) is 0 Å². The molecule has 0 saturated heterocycles. The van der Waals surface area contributed by atoms with E-state index in [1.54, 1.807) is 18.2 Å². The summed E-state index contributed by atoms with van der Waals surface area (Å²) in [6.07, 6.45) is -0.0485. The van der Waals surface area contributed by atoms with Gasteiger partial charge >= 0.3 is 0 Å². The van der Waals surface area contributed by atoms with Gasteiger partial charge in [0.05, 0.1) is 12.2 Å². The van der Waals surface area contributed by atoms with Crippen LogP contribution < -0.4 is 9.47 Å². The minimum atomic E-state index is -0.764. The SMILES string of the molecule is CCOc1cccc(C=O)c1OCC(O)c1ccccc1. The van der Waals surface area contributed by atoms with E-state index in [2.05, 4.69) is 0 Å². The van der Waals surface area contributed by atoms with Gasteiger partial charge in [0.2, 0.25) is 0 Å². The van der Waals surface area contributed by atoms with Gasteiger partial charge in [-0.25, -0.2) is 0 Å². The van der Waals surface area contributed by atoms with E-state index in [1.165, 1.54) is 0 Å². The predicted molar refractivity (Wildman–Crippen MR) is 79.9 cm³/mol. The Morgan fingerprint density at radius 2 is 1.86 bits per heavy atom. The van der Waals surface area contributed by atoms with E-state index in [0.717, 1.165) is 5.56 Å². The van der Waals surface area contributed by atoms with Gasteiger partial charge in [-0.15, -0.1) is 0 Å². The minimum absolute atomic E-state index is 0.0505. The first kappa shape index (κ1) is 15.1. The predicted octanol–water partition coefficient (Wildman–Crippen LogP) is 3.01. The second kappa shape index (κ2) is 7.45. The average Bonchev–Trinajstić information content (AvgIpc) is 2.54. The van der Waals surface area contributed by atoms with E-state index in [4.69, 9.17) is 9.47 Å². The summed E-state index contributed by atoms with van der Waals surface area (Å²) in [7, 11) is 0. The van der Waals surface area contributed by atoms with Gasteiger partial charge in [-0.1, -0.05) is 36.4 Å². The van der Waals surface area contributed by atoms with Gasteiger partial charge in [-0.2, -0.15) is 0 Å². The first-order valence-electron chi connectivity index (χ1n) is 6.83. The van der Waals surface area contributed by atoms with Crippen LogP contribution >= 0.6 is 0 Å². The number of aliphatic hydroxyl groups is 1. The molecule has 110 valence electrons. The average molecular weight is 286 g/mol. The maximum atomic E-state index is 11.1. The summed E-state index contributed by atoms with van der Waals surface area (Å²) in [6, 6.07) is 14.3. The Balaban J connectivity index is 2.13. The van der Waals surface area contributed by atoms with Gasteiger partial charge in [0.15, 0.2) is 17.8 Å². The molecule has 2 rings (SSSR count). The van der Waals surface area contributed by atoms with Crippen molar-refractivity contribution in [2.24, 2.45) is 0 Å². The van der Waals surface area contributed by atoms with E-state index >= 15 is 0 Å². The smallest absolute Gasteiger partial charge is 0.171 e. The standard InChI is InChI=1S/C17H18O4/c1-2-20-16-10-6-9-14(11-18)17(16)21-12-15(19)13-7-4-3-5-8-13/h3-11,15,19H,2,12H2,1H3. The number of aliphatic hydroxyl groups excluding tert-OH is 1. The Labute approximate surface area is 123 Å². The Hall–Kier alpha value is -2.33. The zero-order chi connectivity index (χ0) is 15.1. The number of hydrogen-bond donors (Lipinski definition) is 1. The normalized spacial score (nSPS) is 11.7. The third-order valence-electron chi connectivity index (χ3n) is 3.01. The van der Waals surface area contributed by atoms with Crippen LogP contribution in [0.2, 0.25) is 0 Å². The summed E-state index contributed by atoms with van der Waals surface area (Å²) in [4.78, 5) is 11.1. The molecule has 0 amide bonds. The summed E-state index contributed by atoms with van der Waals surface area (Å²) in [5, 5.41) is 10.1. The lowest BCUT2D eigenvalue weighted by Crippen LogP contribution is -2.11. The number of benzene rings is 2. The number of ether oxygens (including phenoxy) is 2. The second-order valence-corrected chi connectivity index (χ2v) is 4.46. The molecule has 0 heterocycles. The topological polar surface area (TPSA) is 55.8 Å². The summed E-state index contributed by atoms with van der Waals surface area (Å²) in [5.41, 5.74) is 1.17. The molecule has 4 heteroatoms. The fraction of sp³-hybridized carbons (Fsp3) is 0.235. The quantitative estimate of drug-likeness (QED) is 0.795. The molecule has 1 N–H and O–H groups in total. The van der Waals surface area contributed by atoms with Gasteiger partial charge in [0.25, 0.3) is 0 Å². The molecule has 0 aliphatic heterocycles. The molecular weight excluding hydrogens is 268 g/mol. The van der Waals surface area contributed by atoms with E-state index in [1.807, 2.05) is 37.3 Å². The molecule has 0 radical (unpaired) electrons. The van der Waals surface area contributed by atoms with Crippen LogP contribution in [0.15, 0.2) is 48.5 Å². The van der Waals surface area contributed by atoms with Crippen LogP contribution in [-0.2, 0) is 0 Å². The Morgan fingerprint density at radius 1 is 1.10 bits per heavy atom. The highest BCUT2D eigenvalue weighted by molar-refractivity contribution is 5.81. The Bertz CT molecular complexity index is 581. The molecule has 0 aliphatic carbocycles. The van der Waals surface area contributed by atoms with Crippen molar-refractivity contribution < 1.29 is 19.4 Å². The largest absolute Gasteiger partial charge is 0.490 e. The molecule has 2 aromatic rings. The summed E-state index contributed by atoms with van der Waals surface area (Å²) in [5.74, 6) is 0.867. The lowest BCUT2D eigenvalue weighted by Gasteiger charge is -2.16. The zero-order valence-electron chi connectivity index (χ0n) is 11.9. The molecule has 0 aromatic heterocycles. The molecular formula is C17H18O4. The van der Waals surface area contributed by atoms with Crippen molar-refractivity contribution in [1.29, 1.82) is 0 Å². The number of para-hydroxylation sites is 1. The minimum Gasteiger partial charge on any atom is -0.490 e. The number of hydrogen-bond acceptors (Lipinski definition) is 4.